The molecule has 0 bridgehead atoms. The Morgan fingerprint density at radius 1 is 1.57 bits per heavy atom. The summed E-state index contributed by atoms with van der Waals surface area (Å²) >= 11 is 0. The number of benzene rings is 1. The van der Waals surface area contributed by atoms with Gasteiger partial charge in [-0.3, -0.25) is 10.1 Å². The van der Waals surface area contributed by atoms with Gasteiger partial charge in [0.05, 0.1) is 4.92 Å². The van der Waals surface area contributed by atoms with Crippen LogP contribution in [0.4, 0.5) is 5.69 Å². The van der Waals surface area contributed by atoms with Crippen LogP contribution in [0.1, 0.15) is 12.0 Å². The minimum Gasteiger partial charge on any atom is -0.314 e. The summed E-state index contributed by atoms with van der Waals surface area (Å²) in [5.41, 5.74) is 1.22. The van der Waals surface area contributed by atoms with Crippen LogP contribution >= 0.6 is 0 Å². The molecule has 0 aliphatic carbocycles. The lowest BCUT2D eigenvalue weighted by Gasteiger charge is -2.27. The molecule has 1 aromatic carbocycles. The van der Waals surface area contributed by atoms with E-state index in [1.165, 1.54) is 12.5 Å². The van der Waals surface area contributed by atoms with Gasteiger partial charge in [0.1, 0.15) is 0 Å². The number of hydrogen-bond acceptors (Lipinski definition) is 3. The van der Waals surface area contributed by atoms with E-state index in [9.17, 15) is 10.1 Å². The fourth-order valence-corrected chi connectivity index (χ4v) is 1.60. The first-order valence-corrected chi connectivity index (χ1v) is 4.72. The van der Waals surface area contributed by atoms with Crippen molar-refractivity contribution in [3.8, 4) is 0 Å². The van der Waals surface area contributed by atoms with Gasteiger partial charge in [-0.05, 0) is 24.9 Å². The molecule has 1 fully saturated rings. The maximum atomic E-state index is 10.5. The minimum absolute atomic E-state index is 0.182. The molecule has 0 radical (unpaired) electrons. The van der Waals surface area contributed by atoms with Crippen LogP contribution < -0.4 is 5.32 Å². The molecular weight excluding hydrogens is 180 g/mol. The summed E-state index contributed by atoms with van der Waals surface area (Å²) in [6.07, 6.45) is 2.06. The average molecular weight is 192 g/mol. The molecule has 0 spiro atoms. The molecule has 1 unspecified atom stereocenters. The van der Waals surface area contributed by atoms with Gasteiger partial charge < -0.3 is 5.32 Å². The molecule has 1 aliphatic heterocycles. The van der Waals surface area contributed by atoms with Crippen molar-refractivity contribution in [1.82, 2.24) is 5.32 Å². The Balaban J connectivity index is 2.09. The van der Waals surface area contributed by atoms with E-state index in [1.54, 1.807) is 12.1 Å². The molecule has 0 aromatic heterocycles. The first kappa shape index (κ1) is 9.15. The predicted octanol–water partition coefficient (Wildman–Crippen LogP) is 1.50. The second-order valence-electron chi connectivity index (χ2n) is 3.57. The predicted molar refractivity (Wildman–Crippen MR) is 53.2 cm³/mol. The van der Waals surface area contributed by atoms with Gasteiger partial charge in [0.25, 0.3) is 5.69 Å². The number of nitro groups is 1. The van der Waals surface area contributed by atoms with Crippen LogP contribution in [0.5, 0.6) is 0 Å². The average Bonchev–Trinajstić information content (AvgIpc) is 2.12. The normalized spacial score (nSPS) is 20.1. The fraction of sp³-hybridized carbons (Fsp3) is 0.400. The summed E-state index contributed by atoms with van der Waals surface area (Å²) in [6, 6.07) is 7.37. The van der Waals surface area contributed by atoms with Crippen LogP contribution in [-0.2, 0) is 6.42 Å². The lowest BCUT2D eigenvalue weighted by molar-refractivity contribution is -0.384. The van der Waals surface area contributed by atoms with Crippen LogP contribution in [-0.4, -0.2) is 17.5 Å². The molecule has 1 aliphatic rings. The number of rotatable bonds is 3. The number of nitrogens with zero attached hydrogens (tertiary/aromatic N) is 1. The quantitative estimate of drug-likeness (QED) is 0.583. The Bertz CT molecular complexity index is 348. The molecule has 14 heavy (non-hydrogen) atoms. The second kappa shape index (κ2) is 3.75. The third-order valence-electron chi connectivity index (χ3n) is 2.53. The number of nitrogens with one attached hydrogen (secondary N) is 1. The largest absolute Gasteiger partial charge is 0.314 e. The number of hydrogen-bond donors (Lipinski definition) is 1. The zero-order chi connectivity index (χ0) is 9.97. The van der Waals surface area contributed by atoms with Crippen molar-refractivity contribution in [3.63, 3.8) is 0 Å². The van der Waals surface area contributed by atoms with Crippen molar-refractivity contribution in [2.24, 2.45) is 0 Å². The molecular formula is C10H12N2O2. The van der Waals surface area contributed by atoms with Crippen molar-refractivity contribution < 1.29 is 4.92 Å². The maximum absolute atomic E-state index is 10.5. The summed E-state index contributed by atoms with van der Waals surface area (Å²) in [4.78, 5) is 10.2. The zero-order valence-electron chi connectivity index (χ0n) is 7.77. The highest BCUT2D eigenvalue weighted by molar-refractivity contribution is 5.34. The minimum atomic E-state index is -0.350. The topological polar surface area (TPSA) is 55.2 Å². The van der Waals surface area contributed by atoms with Gasteiger partial charge in [0.2, 0.25) is 0 Å². The van der Waals surface area contributed by atoms with Crippen LogP contribution in [0, 0.1) is 10.1 Å². The Morgan fingerprint density at radius 2 is 2.36 bits per heavy atom. The second-order valence-corrected chi connectivity index (χ2v) is 3.57. The van der Waals surface area contributed by atoms with Crippen molar-refractivity contribution >= 4 is 5.69 Å². The first-order chi connectivity index (χ1) is 6.75. The molecule has 1 N–H and O–H groups in total. The highest BCUT2D eigenvalue weighted by atomic mass is 16.6. The van der Waals surface area contributed by atoms with Crippen molar-refractivity contribution in [1.29, 1.82) is 0 Å². The van der Waals surface area contributed by atoms with E-state index in [2.05, 4.69) is 5.32 Å². The summed E-state index contributed by atoms with van der Waals surface area (Å²) in [7, 11) is 0. The van der Waals surface area contributed by atoms with Gasteiger partial charge in [-0.1, -0.05) is 12.1 Å². The summed E-state index contributed by atoms with van der Waals surface area (Å²) in [5, 5.41) is 13.8. The van der Waals surface area contributed by atoms with Gasteiger partial charge in [-0.15, -0.1) is 0 Å². The smallest absolute Gasteiger partial charge is 0.269 e. The lowest BCUT2D eigenvalue weighted by Crippen LogP contribution is -2.44. The summed E-state index contributed by atoms with van der Waals surface area (Å²) < 4.78 is 0. The molecule has 1 aromatic rings. The zero-order valence-corrected chi connectivity index (χ0v) is 7.77. The Labute approximate surface area is 82.1 Å². The van der Waals surface area contributed by atoms with Gasteiger partial charge in [0.15, 0.2) is 0 Å². The van der Waals surface area contributed by atoms with E-state index in [-0.39, 0.29) is 10.6 Å². The highest BCUT2D eigenvalue weighted by Gasteiger charge is 2.17. The van der Waals surface area contributed by atoms with E-state index in [0.717, 1.165) is 18.5 Å². The third-order valence-corrected chi connectivity index (χ3v) is 2.53. The van der Waals surface area contributed by atoms with E-state index < -0.39 is 0 Å². The molecule has 0 saturated carbocycles. The van der Waals surface area contributed by atoms with Gasteiger partial charge in [-0.25, -0.2) is 0 Å². The Kier molecular flexibility index (Phi) is 2.45. The Morgan fingerprint density at radius 3 is 2.93 bits per heavy atom. The van der Waals surface area contributed by atoms with Crippen LogP contribution in [0.2, 0.25) is 0 Å². The summed E-state index contributed by atoms with van der Waals surface area (Å²) in [5.74, 6) is 0. The third kappa shape index (κ3) is 1.90. The Hall–Kier alpha value is -1.42. The monoisotopic (exact) mass is 192 g/mol. The van der Waals surface area contributed by atoms with Gasteiger partial charge >= 0.3 is 0 Å². The molecule has 2 rings (SSSR count). The SMILES string of the molecule is O=[N+]([O-])c1cccc(CC2CCN2)c1. The summed E-state index contributed by atoms with van der Waals surface area (Å²) in [6.45, 7) is 1.07. The van der Waals surface area contributed by atoms with Gasteiger partial charge in [0, 0.05) is 18.2 Å². The fourth-order valence-electron chi connectivity index (χ4n) is 1.60. The first-order valence-electron chi connectivity index (χ1n) is 4.72. The molecule has 74 valence electrons. The lowest BCUT2D eigenvalue weighted by atomic mass is 9.98. The van der Waals surface area contributed by atoms with Gasteiger partial charge in [-0.2, -0.15) is 0 Å². The molecule has 1 heterocycles. The molecule has 0 amide bonds. The molecule has 4 heteroatoms. The number of nitro benzene ring substituents is 1. The molecule has 1 saturated heterocycles. The molecule has 1 atom stereocenters. The van der Waals surface area contributed by atoms with E-state index >= 15 is 0 Å². The van der Waals surface area contributed by atoms with Crippen molar-refractivity contribution in [2.45, 2.75) is 18.9 Å². The van der Waals surface area contributed by atoms with Crippen molar-refractivity contribution in [3.05, 3.63) is 39.9 Å². The number of non-ortho nitro benzene ring substituents is 1. The standard InChI is InChI=1S/C10H12N2O2/c13-12(14)10-3-1-2-8(7-10)6-9-4-5-11-9/h1-3,7,9,11H,4-6H2. The van der Waals surface area contributed by atoms with Crippen LogP contribution in [0.15, 0.2) is 24.3 Å². The van der Waals surface area contributed by atoms with Crippen LogP contribution in [0.3, 0.4) is 0 Å². The van der Waals surface area contributed by atoms with E-state index in [1.807, 2.05) is 6.07 Å². The van der Waals surface area contributed by atoms with Crippen LogP contribution in [0.25, 0.3) is 0 Å². The molecule has 4 nitrogen and oxygen atoms in total. The van der Waals surface area contributed by atoms with E-state index in [4.69, 9.17) is 0 Å². The maximum Gasteiger partial charge on any atom is 0.269 e. The van der Waals surface area contributed by atoms with E-state index in [0.29, 0.717) is 6.04 Å². The highest BCUT2D eigenvalue weighted by Crippen LogP contribution is 2.16. The van der Waals surface area contributed by atoms with Crippen molar-refractivity contribution in [2.75, 3.05) is 6.54 Å².